The maximum Gasteiger partial charge on any atom is 0.0177 e. The van der Waals surface area contributed by atoms with Crippen molar-refractivity contribution >= 4 is 27.7 Å². The van der Waals surface area contributed by atoms with E-state index in [0.717, 1.165) is 0 Å². The van der Waals surface area contributed by atoms with E-state index in [2.05, 4.69) is 46.5 Å². The number of aryl methyl sites for hydroxylation is 1. The molecular formula is C10H13BrS. The molecule has 0 radical (unpaired) electrons. The van der Waals surface area contributed by atoms with Gasteiger partial charge in [-0.15, -0.1) is 0 Å². The number of hydrogen-bond donors (Lipinski definition) is 0. The highest BCUT2D eigenvalue weighted by molar-refractivity contribution is 9.10. The lowest BCUT2D eigenvalue weighted by atomic mass is 10.1. The summed E-state index contributed by atoms with van der Waals surface area (Å²) in [6, 6.07) is 8.54. The van der Waals surface area contributed by atoms with Crippen molar-refractivity contribution < 1.29 is 0 Å². The first-order valence-electron chi connectivity index (χ1n) is 4.06. The summed E-state index contributed by atoms with van der Waals surface area (Å²) >= 11 is 5.38. The number of benzene rings is 1. The second kappa shape index (κ2) is 5.65. The van der Waals surface area contributed by atoms with Gasteiger partial charge in [0.15, 0.2) is 0 Å². The molecule has 0 atom stereocenters. The van der Waals surface area contributed by atoms with Gasteiger partial charge in [0.25, 0.3) is 0 Å². The third-order valence-corrected chi connectivity index (χ3v) is 2.89. The van der Waals surface area contributed by atoms with Gasteiger partial charge in [0.1, 0.15) is 0 Å². The highest BCUT2D eigenvalue weighted by atomic mass is 79.9. The summed E-state index contributed by atoms with van der Waals surface area (Å²) in [7, 11) is 0. The summed E-state index contributed by atoms with van der Waals surface area (Å²) in [6.45, 7) is 0. The lowest BCUT2D eigenvalue weighted by Gasteiger charge is -2.00. The van der Waals surface area contributed by atoms with E-state index in [0.29, 0.717) is 0 Å². The Morgan fingerprint density at radius 1 is 1.42 bits per heavy atom. The maximum atomic E-state index is 3.47. The minimum Gasteiger partial charge on any atom is -0.165 e. The quantitative estimate of drug-likeness (QED) is 0.728. The van der Waals surface area contributed by atoms with Crippen LogP contribution >= 0.6 is 27.7 Å². The molecular weight excluding hydrogens is 232 g/mol. The Kier molecular flexibility index (Phi) is 4.77. The molecule has 0 heterocycles. The number of thioether (sulfide) groups is 1. The molecule has 0 amide bonds. The molecule has 0 aliphatic carbocycles. The minimum absolute atomic E-state index is 1.18. The molecule has 0 N–H and O–H groups in total. The van der Waals surface area contributed by atoms with Crippen molar-refractivity contribution in [2.75, 3.05) is 12.0 Å². The average Bonchev–Trinajstić information content (AvgIpc) is 2.05. The van der Waals surface area contributed by atoms with Crippen LogP contribution in [-0.4, -0.2) is 12.0 Å². The van der Waals surface area contributed by atoms with Crippen molar-refractivity contribution in [1.82, 2.24) is 0 Å². The first kappa shape index (κ1) is 10.1. The van der Waals surface area contributed by atoms with E-state index in [9.17, 15) is 0 Å². The Morgan fingerprint density at radius 3 is 2.92 bits per heavy atom. The third kappa shape index (κ3) is 3.63. The van der Waals surface area contributed by atoms with Crippen LogP contribution in [0.3, 0.4) is 0 Å². The van der Waals surface area contributed by atoms with Crippen LogP contribution in [0.2, 0.25) is 0 Å². The Balaban J connectivity index is 2.41. The summed E-state index contributed by atoms with van der Waals surface area (Å²) in [5.74, 6) is 1.26. The Labute approximate surface area is 86.9 Å². The van der Waals surface area contributed by atoms with Crippen molar-refractivity contribution in [3.63, 3.8) is 0 Å². The fourth-order valence-corrected chi connectivity index (χ4v) is 1.99. The van der Waals surface area contributed by atoms with E-state index in [4.69, 9.17) is 0 Å². The fourth-order valence-electron chi connectivity index (χ4n) is 1.11. The molecule has 0 bridgehead atoms. The van der Waals surface area contributed by atoms with Gasteiger partial charge in [-0.05, 0) is 42.5 Å². The molecule has 0 aromatic heterocycles. The molecule has 0 aliphatic rings. The standard InChI is InChI=1S/C10H13BrS/c1-12-7-3-5-9-4-2-6-10(11)8-9/h2,4,6,8H,3,5,7H2,1H3. The zero-order valence-corrected chi connectivity index (χ0v) is 9.62. The maximum absolute atomic E-state index is 3.47. The van der Waals surface area contributed by atoms with E-state index >= 15 is 0 Å². The molecule has 0 saturated heterocycles. The molecule has 1 aromatic rings. The largest absolute Gasteiger partial charge is 0.165 e. The van der Waals surface area contributed by atoms with Crippen LogP contribution in [0.4, 0.5) is 0 Å². The van der Waals surface area contributed by atoms with Gasteiger partial charge >= 0.3 is 0 Å². The Bertz CT molecular complexity index is 235. The van der Waals surface area contributed by atoms with E-state index in [1.807, 2.05) is 11.8 Å². The van der Waals surface area contributed by atoms with Crippen molar-refractivity contribution in [3.05, 3.63) is 34.3 Å². The zero-order valence-electron chi connectivity index (χ0n) is 7.22. The van der Waals surface area contributed by atoms with Crippen LogP contribution in [0.25, 0.3) is 0 Å². The molecule has 2 heteroatoms. The first-order chi connectivity index (χ1) is 5.83. The lowest BCUT2D eigenvalue weighted by Crippen LogP contribution is -1.86. The predicted molar refractivity (Wildman–Crippen MR) is 60.8 cm³/mol. The first-order valence-corrected chi connectivity index (χ1v) is 6.25. The molecule has 0 fully saturated rings. The summed E-state index contributed by atoms with van der Waals surface area (Å²) in [5, 5.41) is 0. The lowest BCUT2D eigenvalue weighted by molar-refractivity contribution is 0.933. The van der Waals surface area contributed by atoms with Gasteiger partial charge in [0, 0.05) is 4.47 Å². The van der Waals surface area contributed by atoms with Crippen LogP contribution in [-0.2, 0) is 6.42 Å². The van der Waals surface area contributed by atoms with E-state index < -0.39 is 0 Å². The monoisotopic (exact) mass is 244 g/mol. The summed E-state index contributed by atoms with van der Waals surface area (Å²) in [5.41, 5.74) is 1.43. The second-order valence-corrected chi connectivity index (χ2v) is 4.63. The molecule has 0 spiro atoms. The van der Waals surface area contributed by atoms with Crippen molar-refractivity contribution in [2.24, 2.45) is 0 Å². The molecule has 1 rings (SSSR count). The highest BCUT2D eigenvalue weighted by Gasteiger charge is 1.93. The number of rotatable bonds is 4. The second-order valence-electron chi connectivity index (χ2n) is 2.73. The normalized spacial score (nSPS) is 10.2. The van der Waals surface area contributed by atoms with Crippen LogP contribution in [0.1, 0.15) is 12.0 Å². The van der Waals surface area contributed by atoms with Crippen LogP contribution in [0.5, 0.6) is 0 Å². The minimum atomic E-state index is 1.18. The van der Waals surface area contributed by atoms with E-state index in [1.165, 1.54) is 28.6 Å². The summed E-state index contributed by atoms with van der Waals surface area (Å²) < 4.78 is 1.18. The van der Waals surface area contributed by atoms with Gasteiger partial charge in [-0.2, -0.15) is 11.8 Å². The summed E-state index contributed by atoms with van der Waals surface area (Å²) in [4.78, 5) is 0. The van der Waals surface area contributed by atoms with Crippen molar-refractivity contribution in [1.29, 1.82) is 0 Å². The van der Waals surface area contributed by atoms with Crippen molar-refractivity contribution in [2.45, 2.75) is 12.8 Å². The molecule has 0 unspecified atom stereocenters. The molecule has 66 valence electrons. The number of hydrogen-bond acceptors (Lipinski definition) is 1. The topological polar surface area (TPSA) is 0 Å². The number of halogens is 1. The Hall–Kier alpha value is 0.0500. The van der Waals surface area contributed by atoms with Gasteiger partial charge in [-0.25, -0.2) is 0 Å². The predicted octanol–water partition coefficient (Wildman–Crippen LogP) is 3.74. The molecule has 12 heavy (non-hydrogen) atoms. The highest BCUT2D eigenvalue weighted by Crippen LogP contribution is 2.13. The average molecular weight is 245 g/mol. The SMILES string of the molecule is CSCCCc1cccc(Br)c1. The van der Waals surface area contributed by atoms with Gasteiger partial charge in [-0.1, -0.05) is 28.1 Å². The molecule has 1 aromatic carbocycles. The summed E-state index contributed by atoms with van der Waals surface area (Å²) in [6.07, 6.45) is 4.62. The van der Waals surface area contributed by atoms with Gasteiger partial charge in [-0.3, -0.25) is 0 Å². The smallest absolute Gasteiger partial charge is 0.0177 e. The van der Waals surface area contributed by atoms with Crippen molar-refractivity contribution in [3.8, 4) is 0 Å². The van der Waals surface area contributed by atoms with E-state index in [-0.39, 0.29) is 0 Å². The van der Waals surface area contributed by atoms with E-state index in [1.54, 1.807) is 0 Å². The Morgan fingerprint density at radius 2 is 2.25 bits per heavy atom. The van der Waals surface area contributed by atoms with Gasteiger partial charge in [0.2, 0.25) is 0 Å². The van der Waals surface area contributed by atoms with Crippen LogP contribution in [0.15, 0.2) is 28.7 Å². The van der Waals surface area contributed by atoms with Crippen LogP contribution < -0.4 is 0 Å². The third-order valence-electron chi connectivity index (χ3n) is 1.70. The van der Waals surface area contributed by atoms with Gasteiger partial charge in [0.05, 0.1) is 0 Å². The zero-order chi connectivity index (χ0) is 8.81. The molecule has 0 saturated carbocycles. The molecule has 0 aliphatic heterocycles. The fraction of sp³-hybridized carbons (Fsp3) is 0.400. The molecule has 0 nitrogen and oxygen atoms in total. The van der Waals surface area contributed by atoms with Crippen LogP contribution in [0, 0.1) is 0 Å². The van der Waals surface area contributed by atoms with Gasteiger partial charge < -0.3 is 0 Å².